The third-order valence-corrected chi connectivity index (χ3v) is 3.18. The lowest BCUT2D eigenvalue weighted by molar-refractivity contribution is 0.0919. The lowest BCUT2D eigenvalue weighted by Gasteiger charge is -2.11. The van der Waals surface area contributed by atoms with E-state index in [1.54, 1.807) is 13.2 Å². The topological polar surface area (TPSA) is 65.0 Å². The van der Waals surface area contributed by atoms with Crippen LogP contribution in [-0.2, 0) is 0 Å². The molecule has 0 aliphatic carbocycles. The Bertz CT molecular complexity index is 679. The number of rotatable bonds is 6. The monoisotopic (exact) mass is 302 g/mol. The molecule has 1 N–H and O–H groups in total. The third kappa shape index (κ3) is 3.49. The van der Waals surface area contributed by atoms with Crippen LogP contribution in [0.4, 0.5) is 0 Å². The Balaban J connectivity index is 2.10. The summed E-state index contributed by atoms with van der Waals surface area (Å²) in [7, 11) is 2.98. The molecule has 0 radical (unpaired) electrons. The van der Waals surface area contributed by atoms with Crippen molar-refractivity contribution in [3.8, 4) is 23.0 Å². The van der Waals surface area contributed by atoms with Crippen molar-refractivity contribution in [3.05, 3.63) is 47.5 Å². The lowest BCUT2D eigenvalue weighted by atomic mass is 10.1. The van der Waals surface area contributed by atoms with Gasteiger partial charge in [0, 0.05) is 5.56 Å². The van der Waals surface area contributed by atoms with Gasteiger partial charge in [0.15, 0.2) is 35.4 Å². The van der Waals surface area contributed by atoms with E-state index >= 15 is 0 Å². The summed E-state index contributed by atoms with van der Waals surface area (Å²) in [5.41, 5.74) is 1.44. The van der Waals surface area contributed by atoms with E-state index in [1.165, 1.54) is 25.3 Å². The number of phenolic OH excluding ortho intramolecular Hbond substituents is 1. The summed E-state index contributed by atoms with van der Waals surface area (Å²) < 4.78 is 15.7. The minimum Gasteiger partial charge on any atom is -0.504 e. The number of carbonyl (C=O) groups excluding carboxylic acids is 1. The second-order valence-corrected chi connectivity index (χ2v) is 4.75. The highest BCUT2D eigenvalue weighted by molar-refractivity contribution is 5.97. The van der Waals surface area contributed by atoms with Gasteiger partial charge in [-0.15, -0.1) is 0 Å². The van der Waals surface area contributed by atoms with Crippen LogP contribution in [0.25, 0.3) is 0 Å². The Morgan fingerprint density at radius 2 is 1.73 bits per heavy atom. The van der Waals surface area contributed by atoms with Gasteiger partial charge in [-0.2, -0.15) is 0 Å². The molecule has 0 heterocycles. The quantitative estimate of drug-likeness (QED) is 0.831. The largest absolute Gasteiger partial charge is 0.504 e. The SMILES string of the molecule is COc1cc(C(=O)COc2ccc(C)cc2OC)ccc1O. The van der Waals surface area contributed by atoms with Gasteiger partial charge >= 0.3 is 0 Å². The maximum atomic E-state index is 12.2. The number of ketones is 1. The van der Waals surface area contributed by atoms with Crippen molar-refractivity contribution in [1.29, 1.82) is 0 Å². The molecule has 0 fully saturated rings. The Kier molecular flexibility index (Phi) is 4.88. The van der Waals surface area contributed by atoms with E-state index in [9.17, 15) is 9.90 Å². The van der Waals surface area contributed by atoms with E-state index in [0.717, 1.165) is 5.56 Å². The van der Waals surface area contributed by atoms with Gasteiger partial charge in [0.2, 0.25) is 0 Å². The second-order valence-electron chi connectivity index (χ2n) is 4.75. The summed E-state index contributed by atoms with van der Waals surface area (Å²) in [5, 5.41) is 9.53. The molecule has 0 saturated heterocycles. The van der Waals surface area contributed by atoms with E-state index in [1.807, 2.05) is 19.1 Å². The number of aryl methyl sites for hydroxylation is 1. The first-order valence-corrected chi connectivity index (χ1v) is 6.72. The number of phenols is 1. The maximum Gasteiger partial charge on any atom is 0.200 e. The molecule has 2 aromatic carbocycles. The maximum absolute atomic E-state index is 12.2. The molecule has 2 aromatic rings. The van der Waals surface area contributed by atoms with Crippen LogP contribution in [0.3, 0.4) is 0 Å². The molecule has 0 aliphatic heterocycles. The summed E-state index contributed by atoms with van der Waals surface area (Å²) >= 11 is 0. The zero-order chi connectivity index (χ0) is 16.1. The first kappa shape index (κ1) is 15.7. The first-order valence-electron chi connectivity index (χ1n) is 6.72. The first-order chi connectivity index (χ1) is 10.5. The van der Waals surface area contributed by atoms with Gasteiger partial charge in [-0.05, 0) is 42.8 Å². The fourth-order valence-corrected chi connectivity index (χ4v) is 1.97. The fraction of sp³-hybridized carbons (Fsp3) is 0.235. The Labute approximate surface area is 129 Å². The highest BCUT2D eigenvalue weighted by Gasteiger charge is 2.12. The highest BCUT2D eigenvalue weighted by Crippen LogP contribution is 2.29. The Hall–Kier alpha value is -2.69. The zero-order valence-electron chi connectivity index (χ0n) is 12.8. The van der Waals surface area contributed by atoms with Crippen LogP contribution >= 0.6 is 0 Å². The molecule has 0 spiro atoms. The van der Waals surface area contributed by atoms with E-state index in [-0.39, 0.29) is 23.9 Å². The molecule has 22 heavy (non-hydrogen) atoms. The highest BCUT2D eigenvalue weighted by atomic mass is 16.5. The van der Waals surface area contributed by atoms with Crippen molar-refractivity contribution < 1.29 is 24.1 Å². The predicted molar refractivity (Wildman–Crippen MR) is 82.2 cm³/mol. The molecule has 5 nitrogen and oxygen atoms in total. The summed E-state index contributed by atoms with van der Waals surface area (Å²) in [6, 6.07) is 9.90. The standard InChI is InChI=1S/C17H18O5/c1-11-4-7-15(17(8-11)21-3)22-10-14(19)12-5-6-13(18)16(9-12)20-2/h4-9,18H,10H2,1-3H3. The van der Waals surface area contributed by atoms with Crippen LogP contribution < -0.4 is 14.2 Å². The van der Waals surface area contributed by atoms with Crippen molar-refractivity contribution in [2.24, 2.45) is 0 Å². The van der Waals surface area contributed by atoms with Crippen molar-refractivity contribution in [2.75, 3.05) is 20.8 Å². The molecule has 5 heteroatoms. The number of hydrogen-bond acceptors (Lipinski definition) is 5. The molecular weight excluding hydrogens is 284 g/mol. The van der Waals surface area contributed by atoms with Gasteiger partial charge in [-0.25, -0.2) is 0 Å². The van der Waals surface area contributed by atoms with Crippen LogP contribution in [0.5, 0.6) is 23.0 Å². The Morgan fingerprint density at radius 3 is 2.41 bits per heavy atom. The molecular formula is C17H18O5. The molecule has 0 unspecified atom stereocenters. The van der Waals surface area contributed by atoms with Crippen LogP contribution in [0.15, 0.2) is 36.4 Å². The second kappa shape index (κ2) is 6.85. The van der Waals surface area contributed by atoms with E-state index in [2.05, 4.69) is 0 Å². The predicted octanol–water partition coefficient (Wildman–Crippen LogP) is 2.98. The molecule has 2 rings (SSSR count). The molecule has 0 saturated carbocycles. The average molecular weight is 302 g/mol. The minimum absolute atomic E-state index is 0.0137. The zero-order valence-corrected chi connectivity index (χ0v) is 12.8. The third-order valence-electron chi connectivity index (χ3n) is 3.18. The minimum atomic E-state index is -0.221. The normalized spacial score (nSPS) is 10.1. The smallest absolute Gasteiger partial charge is 0.200 e. The van der Waals surface area contributed by atoms with Crippen LogP contribution in [0.1, 0.15) is 15.9 Å². The molecule has 116 valence electrons. The molecule has 0 atom stereocenters. The van der Waals surface area contributed by atoms with Crippen LogP contribution in [0, 0.1) is 6.92 Å². The van der Waals surface area contributed by atoms with Gasteiger partial charge in [0.25, 0.3) is 0 Å². The summed E-state index contributed by atoms with van der Waals surface area (Å²) in [4.78, 5) is 12.2. The van der Waals surface area contributed by atoms with Gasteiger partial charge < -0.3 is 19.3 Å². The van der Waals surface area contributed by atoms with Crippen molar-refractivity contribution in [2.45, 2.75) is 6.92 Å². The van der Waals surface area contributed by atoms with E-state index in [4.69, 9.17) is 14.2 Å². The number of hydrogen-bond donors (Lipinski definition) is 1. The number of methoxy groups -OCH3 is 2. The number of aromatic hydroxyl groups is 1. The number of ether oxygens (including phenoxy) is 3. The van der Waals surface area contributed by atoms with Crippen LogP contribution in [-0.4, -0.2) is 31.7 Å². The summed E-state index contributed by atoms with van der Waals surface area (Å²) in [6.45, 7) is 1.81. The van der Waals surface area contributed by atoms with Gasteiger partial charge in [-0.1, -0.05) is 6.07 Å². The molecule has 0 aliphatic rings. The molecule has 0 amide bonds. The van der Waals surface area contributed by atoms with E-state index in [0.29, 0.717) is 17.1 Å². The summed E-state index contributed by atoms with van der Waals surface area (Å²) in [5.74, 6) is 1.10. The average Bonchev–Trinajstić information content (AvgIpc) is 2.53. The van der Waals surface area contributed by atoms with Crippen LogP contribution in [0.2, 0.25) is 0 Å². The fourth-order valence-electron chi connectivity index (χ4n) is 1.97. The Morgan fingerprint density at radius 1 is 1.00 bits per heavy atom. The number of benzene rings is 2. The van der Waals surface area contributed by atoms with E-state index < -0.39 is 0 Å². The number of carbonyl (C=O) groups is 1. The van der Waals surface area contributed by atoms with Crippen molar-refractivity contribution in [1.82, 2.24) is 0 Å². The lowest BCUT2D eigenvalue weighted by Crippen LogP contribution is -2.12. The van der Waals surface area contributed by atoms with Gasteiger partial charge in [0.1, 0.15) is 0 Å². The molecule has 0 bridgehead atoms. The van der Waals surface area contributed by atoms with Crippen molar-refractivity contribution in [3.63, 3.8) is 0 Å². The summed E-state index contributed by atoms with van der Waals surface area (Å²) in [6.07, 6.45) is 0. The molecule has 0 aromatic heterocycles. The van der Waals surface area contributed by atoms with Crippen molar-refractivity contribution >= 4 is 5.78 Å². The van der Waals surface area contributed by atoms with Gasteiger partial charge in [0.05, 0.1) is 14.2 Å². The number of Topliss-reactive ketones (excluding diaryl/α,β-unsaturated/α-hetero) is 1. The van der Waals surface area contributed by atoms with Gasteiger partial charge in [-0.3, -0.25) is 4.79 Å².